The van der Waals surface area contributed by atoms with Crippen LogP contribution in [-0.4, -0.2) is 31.7 Å². The number of hydrogen-bond donors (Lipinski definition) is 2. The van der Waals surface area contributed by atoms with E-state index in [0.29, 0.717) is 5.69 Å². The van der Waals surface area contributed by atoms with Gasteiger partial charge in [0.15, 0.2) is 15.6 Å². The lowest BCUT2D eigenvalue weighted by Crippen LogP contribution is -2.31. The average molecular weight is 378 g/mol. The summed E-state index contributed by atoms with van der Waals surface area (Å²) < 4.78 is 28.7. The predicted molar refractivity (Wildman–Crippen MR) is 98.4 cm³/mol. The Morgan fingerprint density at radius 1 is 1.15 bits per heavy atom. The molecule has 1 aromatic carbocycles. The minimum atomic E-state index is -3.41. The Morgan fingerprint density at radius 2 is 1.92 bits per heavy atom. The molecule has 0 radical (unpaired) electrons. The van der Waals surface area contributed by atoms with Crippen molar-refractivity contribution in [1.29, 1.82) is 0 Å². The molecule has 1 heterocycles. The van der Waals surface area contributed by atoms with Gasteiger partial charge >= 0.3 is 0 Å². The van der Waals surface area contributed by atoms with Crippen LogP contribution in [0.4, 0.5) is 5.69 Å². The summed E-state index contributed by atoms with van der Waals surface area (Å²) in [6, 6.07) is 10.1. The molecule has 7 nitrogen and oxygen atoms in total. The Kier molecular flexibility index (Phi) is 6.57. The summed E-state index contributed by atoms with van der Waals surface area (Å²) in [5.74, 6) is -1.30. The van der Waals surface area contributed by atoms with Gasteiger partial charge in [-0.1, -0.05) is 26.0 Å². The van der Waals surface area contributed by atoms with Crippen molar-refractivity contribution >= 4 is 27.3 Å². The zero-order valence-electron chi connectivity index (χ0n) is 14.7. The lowest BCUT2D eigenvalue weighted by Gasteiger charge is -2.09. The predicted octanol–water partition coefficient (Wildman–Crippen LogP) is 2.22. The fourth-order valence-electron chi connectivity index (χ4n) is 2.38. The van der Waals surface area contributed by atoms with Crippen molar-refractivity contribution < 1.29 is 22.4 Å². The number of hydrogen-bond acceptors (Lipinski definition) is 5. The summed E-state index contributed by atoms with van der Waals surface area (Å²) >= 11 is 0. The van der Waals surface area contributed by atoms with Crippen molar-refractivity contribution in [3.8, 4) is 0 Å². The third-order valence-electron chi connectivity index (χ3n) is 3.36. The monoisotopic (exact) mass is 378 g/mol. The molecule has 0 spiro atoms. The van der Waals surface area contributed by atoms with E-state index in [0.717, 1.165) is 5.56 Å². The molecule has 0 saturated carbocycles. The number of carbonyl (C=O) groups is 2. The van der Waals surface area contributed by atoms with Gasteiger partial charge in [0.05, 0.1) is 12.0 Å². The van der Waals surface area contributed by atoms with Crippen molar-refractivity contribution in [2.45, 2.75) is 20.4 Å². The van der Waals surface area contributed by atoms with Gasteiger partial charge in [-0.15, -0.1) is 0 Å². The second-order valence-corrected chi connectivity index (χ2v) is 8.47. The van der Waals surface area contributed by atoms with Gasteiger partial charge < -0.3 is 15.1 Å². The highest BCUT2D eigenvalue weighted by atomic mass is 32.2. The minimum absolute atomic E-state index is 0.0191. The summed E-state index contributed by atoms with van der Waals surface area (Å²) in [4.78, 5) is 23.8. The van der Waals surface area contributed by atoms with E-state index < -0.39 is 21.5 Å². The number of furan rings is 1. The average Bonchev–Trinajstić information content (AvgIpc) is 3.06. The summed E-state index contributed by atoms with van der Waals surface area (Å²) in [5.41, 5.74) is 1.28. The number of anilines is 1. The number of rotatable bonds is 8. The first-order valence-corrected chi connectivity index (χ1v) is 9.98. The van der Waals surface area contributed by atoms with Crippen LogP contribution >= 0.6 is 0 Å². The molecule has 2 aromatic rings. The minimum Gasteiger partial charge on any atom is -0.459 e. The van der Waals surface area contributed by atoms with Crippen molar-refractivity contribution in [1.82, 2.24) is 5.32 Å². The van der Waals surface area contributed by atoms with Gasteiger partial charge in [-0.2, -0.15) is 0 Å². The molecule has 2 rings (SSSR count). The van der Waals surface area contributed by atoms with Crippen LogP contribution < -0.4 is 10.6 Å². The molecule has 0 bridgehead atoms. The lowest BCUT2D eigenvalue weighted by molar-refractivity contribution is -0.118. The van der Waals surface area contributed by atoms with Crippen LogP contribution in [0, 0.1) is 5.92 Å². The second kappa shape index (κ2) is 8.66. The molecule has 0 atom stereocenters. The summed E-state index contributed by atoms with van der Waals surface area (Å²) in [5, 5.41) is 5.28. The third-order valence-corrected chi connectivity index (χ3v) is 5.23. The largest absolute Gasteiger partial charge is 0.459 e. The first kappa shape index (κ1) is 19.7. The molecule has 140 valence electrons. The van der Waals surface area contributed by atoms with E-state index >= 15 is 0 Å². The maximum absolute atomic E-state index is 12.0. The van der Waals surface area contributed by atoms with Crippen LogP contribution in [-0.2, 0) is 21.2 Å². The number of benzene rings is 1. The van der Waals surface area contributed by atoms with Crippen molar-refractivity contribution in [3.63, 3.8) is 0 Å². The Labute approximate surface area is 152 Å². The molecule has 0 aliphatic carbocycles. The fourth-order valence-corrected chi connectivity index (χ4v) is 4.01. The van der Waals surface area contributed by atoms with Gasteiger partial charge in [0.1, 0.15) is 5.75 Å². The van der Waals surface area contributed by atoms with E-state index in [9.17, 15) is 18.0 Å². The van der Waals surface area contributed by atoms with E-state index in [4.69, 9.17) is 4.42 Å². The summed E-state index contributed by atoms with van der Waals surface area (Å²) in [6.45, 7) is 3.75. The van der Waals surface area contributed by atoms with E-state index in [-0.39, 0.29) is 29.9 Å². The first-order chi connectivity index (χ1) is 12.2. The topological polar surface area (TPSA) is 105 Å². The maximum atomic E-state index is 12.0. The number of nitrogens with one attached hydrogen (secondary N) is 2. The smallest absolute Gasteiger partial charge is 0.291 e. The highest BCUT2D eigenvalue weighted by Crippen LogP contribution is 2.12. The first-order valence-electron chi connectivity index (χ1n) is 8.16. The number of sulfone groups is 1. The molecule has 1 aromatic heterocycles. The standard InChI is InChI=1S/C18H22N2O5S/c1-13(2)11-26(23,24)12-17(21)19-10-14-5-3-6-15(9-14)20-18(22)16-7-4-8-25-16/h3-9,13H,10-12H2,1-2H3,(H,19,21)(H,20,22). The number of carbonyl (C=O) groups excluding carboxylic acids is 2. The van der Waals surface area contributed by atoms with Crippen molar-refractivity contribution in [2.75, 3.05) is 16.8 Å². The van der Waals surface area contributed by atoms with Gasteiger partial charge in [0.2, 0.25) is 5.91 Å². The third kappa shape index (κ3) is 6.36. The van der Waals surface area contributed by atoms with Crippen LogP contribution in [0.5, 0.6) is 0 Å². The molecule has 8 heteroatoms. The Morgan fingerprint density at radius 3 is 2.58 bits per heavy atom. The van der Waals surface area contributed by atoms with E-state index in [1.807, 2.05) is 0 Å². The Balaban J connectivity index is 1.90. The summed E-state index contributed by atoms with van der Waals surface area (Å²) in [7, 11) is -3.41. The fraction of sp³-hybridized carbons (Fsp3) is 0.333. The molecule has 2 amide bonds. The van der Waals surface area contributed by atoms with Gasteiger partial charge in [-0.05, 0) is 35.7 Å². The van der Waals surface area contributed by atoms with Crippen LogP contribution in [0.25, 0.3) is 0 Å². The summed E-state index contributed by atoms with van der Waals surface area (Å²) in [6.07, 6.45) is 1.41. The van der Waals surface area contributed by atoms with Crippen molar-refractivity contribution in [3.05, 3.63) is 54.0 Å². The van der Waals surface area contributed by atoms with E-state index in [1.54, 1.807) is 50.2 Å². The van der Waals surface area contributed by atoms with Crippen LogP contribution in [0.15, 0.2) is 47.1 Å². The van der Waals surface area contributed by atoms with Gasteiger partial charge in [-0.3, -0.25) is 9.59 Å². The van der Waals surface area contributed by atoms with Crippen LogP contribution in [0.3, 0.4) is 0 Å². The molecular weight excluding hydrogens is 356 g/mol. The van der Waals surface area contributed by atoms with Gasteiger partial charge in [0.25, 0.3) is 5.91 Å². The zero-order chi connectivity index (χ0) is 19.2. The molecule has 0 unspecified atom stereocenters. The van der Waals surface area contributed by atoms with Crippen LogP contribution in [0.1, 0.15) is 30.0 Å². The van der Waals surface area contributed by atoms with Crippen LogP contribution in [0.2, 0.25) is 0 Å². The normalized spacial score (nSPS) is 11.3. The number of amides is 2. The second-order valence-electron chi connectivity index (χ2n) is 6.36. The highest BCUT2D eigenvalue weighted by molar-refractivity contribution is 7.92. The molecule has 2 N–H and O–H groups in total. The van der Waals surface area contributed by atoms with Gasteiger partial charge in [-0.25, -0.2) is 8.42 Å². The molecule has 26 heavy (non-hydrogen) atoms. The quantitative estimate of drug-likeness (QED) is 0.733. The highest BCUT2D eigenvalue weighted by Gasteiger charge is 2.18. The van der Waals surface area contributed by atoms with E-state index in [2.05, 4.69) is 10.6 Å². The Bertz CT molecular complexity index is 857. The Hall–Kier alpha value is -2.61. The molecule has 0 aliphatic heterocycles. The lowest BCUT2D eigenvalue weighted by atomic mass is 10.2. The maximum Gasteiger partial charge on any atom is 0.291 e. The molecular formula is C18H22N2O5S. The van der Waals surface area contributed by atoms with Gasteiger partial charge in [0, 0.05) is 12.2 Å². The molecule has 0 fully saturated rings. The van der Waals surface area contributed by atoms with Crippen molar-refractivity contribution in [2.24, 2.45) is 5.92 Å². The molecule has 0 saturated heterocycles. The SMILES string of the molecule is CC(C)CS(=O)(=O)CC(=O)NCc1cccc(NC(=O)c2ccco2)c1. The zero-order valence-corrected chi connectivity index (χ0v) is 15.5. The molecule has 0 aliphatic rings. The van der Waals surface area contributed by atoms with E-state index in [1.165, 1.54) is 6.26 Å².